The number of anilines is 2. The van der Waals surface area contributed by atoms with Gasteiger partial charge in [0.1, 0.15) is 24.3 Å². The van der Waals surface area contributed by atoms with Crippen LogP contribution in [0.1, 0.15) is 40.5 Å². The molecule has 0 spiro atoms. The topological polar surface area (TPSA) is 265 Å². The van der Waals surface area contributed by atoms with Crippen molar-refractivity contribution < 1.29 is 62.1 Å². The van der Waals surface area contributed by atoms with Crippen molar-refractivity contribution >= 4 is 64.0 Å². The molecule has 59 heavy (non-hydrogen) atoms. The van der Waals surface area contributed by atoms with Gasteiger partial charge in [0.25, 0.3) is 5.69 Å². The molecule has 1 aromatic carbocycles. The molecule has 5 rings (SSSR count). The molecule has 2 aliphatic rings. The highest BCUT2D eigenvalue weighted by molar-refractivity contribution is 6.02. The first-order chi connectivity index (χ1) is 28.0. The number of likely N-dealkylation sites (tertiary alicyclic amines) is 1. The SMILES string of the molecule is COC(=O)[C@H]1O[C@@H](Oc2ccc([N+](=O)[O-])cc2N(C)C(=O)n2ccc3c(N(C)[C@H]4CN(C(=O)CC#N)CC[C@H]4C)ncnc32)[C@H](OC(C)=O)[C@@H](OC(C)=O)[C@@H]1OC(C)=O. The average Bonchev–Trinajstić information content (AvgIpc) is 3.63. The van der Waals surface area contributed by atoms with Crippen LogP contribution in [0, 0.1) is 27.4 Å². The molecule has 22 heteroatoms. The van der Waals surface area contributed by atoms with Gasteiger partial charge in [-0.25, -0.2) is 19.6 Å². The molecule has 2 aromatic heterocycles. The van der Waals surface area contributed by atoms with Gasteiger partial charge in [-0.2, -0.15) is 5.26 Å². The molecule has 0 N–H and O–H groups in total. The number of nitro groups is 1. The van der Waals surface area contributed by atoms with Crippen LogP contribution in [-0.2, 0) is 47.7 Å². The minimum Gasteiger partial charge on any atom is -0.467 e. The lowest BCUT2D eigenvalue weighted by Crippen LogP contribution is -2.64. The molecule has 4 heterocycles. The third-order valence-corrected chi connectivity index (χ3v) is 9.88. The Morgan fingerprint density at radius 1 is 1.00 bits per heavy atom. The third-order valence-electron chi connectivity index (χ3n) is 9.88. The molecule has 2 amide bonds. The molecule has 0 saturated carbocycles. The van der Waals surface area contributed by atoms with E-state index in [4.69, 9.17) is 33.7 Å². The molecule has 3 aromatic rings. The molecular formula is C37H42N8O14. The number of hydrogen-bond donors (Lipinski definition) is 0. The van der Waals surface area contributed by atoms with Crippen molar-refractivity contribution in [2.75, 3.05) is 44.1 Å². The predicted octanol–water partition coefficient (Wildman–Crippen LogP) is 2.10. The van der Waals surface area contributed by atoms with Crippen LogP contribution >= 0.6 is 0 Å². The number of piperidine rings is 1. The highest BCUT2D eigenvalue weighted by Crippen LogP contribution is 2.38. The normalized spacial score (nSPS) is 22.6. The van der Waals surface area contributed by atoms with E-state index in [1.54, 1.807) is 18.0 Å². The first kappa shape index (κ1) is 43.2. The number of amides is 2. The van der Waals surface area contributed by atoms with E-state index >= 15 is 0 Å². The number of nitriles is 1. The van der Waals surface area contributed by atoms with E-state index in [1.807, 2.05) is 17.9 Å². The van der Waals surface area contributed by atoms with Gasteiger partial charge in [0.15, 0.2) is 24.0 Å². The van der Waals surface area contributed by atoms with E-state index in [1.165, 1.54) is 24.1 Å². The van der Waals surface area contributed by atoms with Crippen molar-refractivity contribution in [2.24, 2.45) is 5.92 Å². The van der Waals surface area contributed by atoms with Crippen molar-refractivity contribution in [3.8, 4) is 11.8 Å². The summed E-state index contributed by atoms with van der Waals surface area (Å²) in [6.45, 7) is 5.96. The molecule has 314 valence electrons. The van der Waals surface area contributed by atoms with Gasteiger partial charge >= 0.3 is 29.9 Å². The number of nitrogens with zero attached hydrogens (tertiary/aromatic N) is 8. The second-order valence-corrected chi connectivity index (χ2v) is 13.8. The summed E-state index contributed by atoms with van der Waals surface area (Å²) >= 11 is 0. The maximum absolute atomic E-state index is 14.3. The fourth-order valence-electron chi connectivity index (χ4n) is 7.04. The van der Waals surface area contributed by atoms with Gasteiger partial charge < -0.3 is 38.2 Å². The molecule has 0 radical (unpaired) electrons. The van der Waals surface area contributed by atoms with E-state index in [0.29, 0.717) is 30.7 Å². The number of hydrogen-bond acceptors (Lipinski definition) is 18. The summed E-state index contributed by atoms with van der Waals surface area (Å²) in [5, 5.41) is 21.5. The van der Waals surface area contributed by atoms with Crippen molar-refractivity contribution in [3.63, 3.8) is 0 Å². The Morgan fingerprint density at radius 3 is 2.29 bits per heavy atom. The summed E-state index contributed by atoms with van der Waals surface area (Å²) in [5.74, 6) is -3.80. The molecule has 7 atom stereocenters. The van der Waals surface area contributed by atoms with E-state index in [-0.39, 0.29) is 41.4 Å². The van der Waals surface area contributed by atoms with Crippen LogP contribution in [0.15, 0.2) is 36.8 Å². The van der Waals surface area contributed by atoms with E-state index < -0.39 is 71.2 Å². The number of carbonyl (C=O) groups is 6. The Labute approximate surface area is 336 Å². The van der Waals surface area contributed by atoms with Crippen molar-refractivity contribution in [3.05, 3.63) is 46.9 Å². The molecule has 2 aliphatic heterocycles. The standard InChI is InChI=1S/C37H42N8O14/c1-19-11-14-43(28(49)10-13-38)17-26(19)41(5)33-24-12-15-44(34(24)40-18-39-33)37(51)42(6)25-16-23(45(52)53)8-9-27(25)58-36-32(57-22(4)48)30(56-21(3)47)29(55-20(2)46)31(59-36)35(50)54-7/h8-9,12,15-16,18-19,26,29-32,36H,10-11,14,17H2,1-7H3/t19-,26+,29+,30+,31+,32-,36-/m1/s1. The number of benzene rings is 1. The number of nitro benzene ring substituents is 1. The molecule has 0 unspecified atom stereocenters. The van der Waals surface area contributed by atoms with Gasteiger partial charge in [0.05, 0.1) is 35.2 Å². The summed E-state index contributed by atoms with van der Waals surface area (Å²) in [7, 11) is 4.12. The summed E-state index contributed by atoms with van der Waals surface area (Å²) in [6.07, 6.45) is -5.59. The van der Waals surface area contributed by atoms with Crippen molar-refractivity contribution in [2.45, 2.75) is 77.3 Å². The molecule has 0 bridgehead atoms. The summed E-state index contributed by atoms with van der Waals surface area (Å²) < 4.78 is 34.1. The van der Waals surface area contributed by atoms with Crippen molar-refractivity contribution in [1.29, 1.82) is 5.26 Å². The highest BCUT2D eigenvalue weighted by atomic mass is 16.7. The Morgan fingerprint density at radius 2 is 1.66 bits per heavy atom. The lowest BCUT2D eigenvalue weighted by atomic mass is 9.92. The number of non-ortho nitro benzene ring substituents is 1. The molecule has 22 nitrogen and oxygen atoms in total. The van der Waals surface area contributed by atoms with Crippen LogP contribution in [0.4, 0.5) is 22.0 Å². The number of likely N-dealkylation sites (N-methyl/N-ethyl adjacent to an activating group) is 1. The minimum absolute atomic E-state index is 0.131. The van der Waals surface area contributed by atoms with Gasteiger partial charge in [-0.3, -0.25) is 38.8 Å². The average molecular weight is 823 g/mol. The Hall–Kier alpha value is -6.89. The largest absolute Gasteiger partial charge is 0.467 e. The van der Waals surface area contributed by atoms with Gasteiger partial charge in [-0.05, 0) is 24.5 Å². The fourth-order valence-corrected chi connectivity index (χ4v) is 7.04. The number of methoxy groups -OCH3 is 1. The van der Waals surface area contributed by atoms with Crippen LogP contribution in [0.3, 0.4) is 0 Å². The molecule has 2 fully saturated rings. The fraction of sp³-hybridized carbons (Fsp3) is 0.486. The van der Waals surface area contributed by atoms with Gasteiger partial charge in [-0.15, -0.1) is 0 Å². The Kier molecular flexibility index (Phi) is 13.3. The predicted molar refractivity (Wildman–Crippen MR) is 201 cm³/mol. The Balaban J connectivity index is 1.52. The summed E-state index contributed by atoms with van der Waals surface area (Å²) in [5.41, 5.74) is -0.498. The lowest BCUT2D eigenvalue weighted by molar-refractivity contribution is -0.384. The molecule has 2 saturated heterocycles. The van der Waals surface area contributed by atoms with Crippen LogP contribution in [-0.4, -0.2) is 131 Å². The number of fused-ring (bicyclic) bond motifs is 1. The molecule has 0 aliphatic carbocycles. The van der Waals surface area contributed by atoms with Gasteiger partial charge in [0, 0.05) is 66.3 Å². The van der Waals surface area contributed by atoms with E-state index in [0.717, 1.165) is 51.0 Å². The summed E-state index contributed by atoms with van der Waals surface area (Å²) in [6, 6.07) is 5.76. The van der Waals surface area contributed by atoms with E-state index in [9.17, 15) is 38.9 Å². The maximum Gasteiger partial charge on any atom is 0.339 e. The third kappa shape index (κ3) is 9.30. The first-order valence-electron chi connectivity index (χ1n) is 18.1. The van der Waals surface area contributed by atoms with E-state index in [2.05, 4.69) is 9.97 Å². The second-order valence-electron chi connectivity index (χ2n) is 13.8. The monoisotopic (exact) mass is 822 g/mol. The minimum atomic E-state index is -1.84. The van der Waals surface area contributed by atoms with Crippen molar-refractivity contribution in [1.82, 2.24) is 19.4 Å². The number of ether oxygens (including phenoxy) is 6. The van der Waals surface area contributed by atoms with Gasteiger partial charge in [0.2, 0.25) is 18.3 Å². The number of rotatable bonds is 11. The van der Waals surface area contributed by atoms with Crippen LogP contribution in [0.5, 0.6) is 5.75 Å². The maximum atomic E-state index is 14.3. The summed E-state index contributed by atoms with van der Waals surface area (Å²) in [4.78, 5) is 101. The zero-order valence-corrected chi connectivity index (χ0v) is 33.1. The van der Waals surface area contributed by atoms with Gasteiger partial charge in [-0.1, -0.05) is 6.92 Å². The second kappa shape index (κ2) is 18.1. The molecular weight excluding hydrogens is 780 g/mol. The highest BCUT2D eigenvalue weighted by Gasteiger charge is 2.56. The van der Waals surface area contributed by atoms with Crippen LogP contribution in [0.25, 0.3) is 11.0 Å². The first-order valence-corrected chi connectivity index (χ1v) is 18.1. The lowest BCUT2D eigenvalue weighted by Gasteiger charge is -2.43. The van der Waals surface area contributed by atoms with Crippen LogP contribution in [0.2, 0.25) is 0 Å². The van der Waals surface area contributed by atoms with Crippen LogP contribution < -0.4 is 14.5 Å². The number of aromatic nitrogens is 3. The zero-order chi connectivity index (χ0) is 43.3. The number of esters is 4. The zero-order valence-electron chi connectivity index (χ0n) is 33.1. The quantitative estimate of drug-likeness (QED) is 0.116. The smallest absolute Gasteiger partial charge is 0.339 e. The number of carbonyl (C=O) groups excluding carboxylic acids is 6. The Bertz CT molecular complexity index is 2190.